The molecular weight excluding hydrogens is 442 g/mol. The zero-order valence-corrected chi connectivity index (χ0v) is 19.3. The van der Waals surface area contributed by atoms with Crippen molar-refractivity contribution in [2.45, 2.75) is 25.2 Å². The third kappa shape index (κ3) is 4.29. The molecule has 2 saturated heterocycles. The van der Waals surface area contributed by atoms with Crippen LogP contribution in [0.2, 0.25) is 0 Å². The molecule has 5 rings (SSSR count). The number of piperidine rings is 1. The molecule has 166 valence electrons. The van der Waals surface area contributed by atoms with E-state index in [1.807, 2.05) is 29.2 Å². The number of para-hydroxylation sites is 1. The number of thiazole rings is 1. The summed E-state index contributed by atoms with van der Waals surface area (Å²) in [7, 11) is -3.17. The Hall–Kier alpha value is -2.71. The molecule has 32 heavy (non-hydrogen) atoms. The fraction of sp³-hybridized carbons (Fsp3) is 0.333. The highest BCUT2D eigenvalue weighted by molar-refractivity contribution is 7.93. The second-order valence-corrected chi connectivity index (χ2v) is 11.4. The van der Waals surface area contributed by atoms with Crippen LogP contribution in [0, 0.1) is 0 Å². The monoisotopic (exact) mass is 467 g/mol. The zero-order chi connectivity index (χ0) is 22.1. The van der Waals surface area contributed by atoms with Gasteiger partial charge in [-0.2, -0.15) is 0 Å². The third-order valence-corrected chi connectivity index (χ3v) is 9.23. The molecule has 3 heterocycles. The van der Waals surface area contributed by atoms with Crippen LogP contribution >= 0.6 is 11.3 Å². The van der Waals surface area contributed by atoms with Crippen LogP contribution < -0.4 is 4.31 Å². The number of benzene rings is 2. The van der Waals surface area contributed by atoms with Crippen LogP contribution in [0.25, 0.3) is 16.3 Å². The number of fused-ring (bicyclic) bond motifs is 1. The van der Waals surface area contributed by atoms with E-state index in [0.717, 1.165) is 37.0 Å². The Kier molecular flexibility index (Phi) is 5.73. The maximum atomic E-state index is 12.7. The number of nitrogens with zero attached hydrogens (tertiary/aromatic N) is 3. The molecule has 0 radical (unpaired) electrons. The van der Waals surface area contributed by atoms with Crippen LogP contribution in [0.3, 0.4) is 0 Å². The molecule has 2 aromatic carbocycles. The number of rotatable bonds is 4. The summed E-state index contributed by atoms with van der Waals surface area (Å²) in [6.07, 6.45) is 5.93. The first-order valence-electron chi connectivity index (χ1n) is 10.9. The average molecular weight is 468 g/mol. The second kappa shape index (κ2) is 8.67. The average Bonchev–Trinajstić information content (AvgIpc) is 3.40. The lowest BCUT2D eigenvalue weighted by atomic mass is 9.97. The number of hydrogen-bond acceptors (Lipinski definition) is 5. The Morgan fingerprint density at radius 1 is 1.03 bits per heavy atom. The molecule has 2 aliphatic rings. The molecule has 0 aliphatic carbocycles. The summed E-state index contributed by atoms with van der Waals surface area (Å²) in [5.74, 6) is 0.632. The van der Waals surface area contributed by atoms with E-state index in [1.165, 1.54) is 14.0 Å². The van der Waals surface area contributed by atoms with Crippen molar-refractivity contribution < 1.29 is 13.2 Å². The molecule has 0 atom stereocenters. The number of likely N-dealkylation sites (tertiary alicyclic amines) is 1. The summed E-state index contributed by atoms with van der Waals surface area (Å²) in [5.41, 5.74) is 2.62. The van der Waals surface area contributed by atoms with Crippen molar-refractivity contribution in [1.29, 1.82) is 0 Å². The second-order valence-electron chi connectivity index (χ2n) is 8.29. The van der Waals surface area contributed by atoms with Gasteiger partial charge < -0.3 is 4.90 Å². The molecule has 1 aromatic heterocycles. The first kappa shape index (κ1) is 21.2. The summed E-state index contributed by atoms with van der Waals surface area (Å²) in [4.78, 5) is 19.3. The van der Waals surface area contributed by atoms with Crippen molar-refractivity contribution in [3.8, 4) is 0 Å². The number of sulfonamides is 1. The number of anilines is 1. The number of carbonyl (C=O) groups excluding carboxylic acids is 1. The smallest absolute Gasteiger partial charge is 0.246 e. The van der Waals surface area contributed by atoms with Crippen molar-refractivity contribution in [2.24, 2.45) is 0 Å². The standard InChI is InChI=1S/C24H25N3O3S2/c28-23(11-8-18-6-9-20(10-7-18)27-14-3-17-32(27,29)30)26-15-12-19(13-16-26)24-25-21-4-1-2-5-22(21)31-24/h1-2,4-11,19H,3,12-17H2/b11-8+. The number of hydrogen-bond donors (Lipinski definition) is 0. The third-order valence-electron chi connectivity index (χ3n) is 6.17. The van der Waals surface area contributed by atoms with Gasteiger partial charge in [0.1, 0.15) is 0 Å². The molecule has 0 N–H and O–H groups in total. The normalized spacial score (nSPS) is 19.2. The molecule has 8 heteroatoms. The Bertz CT molecular complexity index is 1220. The predicted molar refractivity (Wildman–Crippen MR) is 129 cm³/mol. The maximum Gasteiger partial charge on any atom is 0.246 e. The first-order valence-corrected chi connectivity index (χ1v) is 13.4. The number of aromatic nitrogens is 1. The zero-order valence-electron chi connectivity index (χ0n) is 17.7. The lowest BCUT2D eigenvalue weighted by Gasteiger charge is -2.30. The van der Waals surface area contributed by atoms with Crippen molar-refractivity contribution in [3.63, 3.8) is 0 Å². The van der Waals surface area contributed by atoms with Crippen molar-refractivity contribution >= 4 is 49.2 Å². The predicted octanol–water partition coefficient (Wildman–Crippen LogP) is 4.26. The van der Waals surface area contributed by atoms with Gasteiger partial charge in [-0.05, 0) is 55.2 Å². The van der Waals surface area contributed by atoms with Crippen LogP contribution in [-0.4, -0.2) is 49.6 Å². The summed E-state index contributed by atoms with van der Waals surface area (Å²) in [6.45, 7) is 1.99. The molecule has 0 saturated carbocycles. The highest BCUT2D eigenvalue weighted by Crippen LogP contribution is 2.34. The topological polar surface area (TPSA) is 70.6 Å². The van der Waals surface area contributed by atoms with Gasteiger partial charge in [-0.1, -0.05) is 24.3 Å². The molecule has 6 nitrogen and oxygen atoms in total. The lowest BCUT2D eigenvalue weighted by Crippen LogP contribution is -2.36. The molecule has 3 aromatic rings. The van der Waals surface area contributed by atoms with E-state index in [9.17, 15) is 13.2 Å². The molecule has 0 bridgehead atoms. The molecule has 2 fully saturated rings. The number of amides is 1. The van der Waals surface area contributed by atoms with E-state index >= 15 is 0 Å². The fourth-order valence-electron chi connectivity index (χ4n) is 4.37. The summed E-state index contributed by atoms with van der Waals surface area (Å²) in [6, 6.07) is 15.5. The Labute approximate surface area is 192 Å². The van der Waals surface area contributed by atoms with Crippen molar-refractivity contribution in [3.05, 3.63) is 65.2 Å². The van der Waals surface area contributed by atoms with Gasteiger partial charge in [-0.15, -0.1) is 11.3 Å². The van der Waals surface area contributed by atoms with Gasteiger partial charge >= 0.3 is 0 Å². The van der Waals surface area contributed by atoms with Crippen LogP contribution in [0.4, 0.5) is 5.69 Å². The molecule has 2 aliphatic heterocycles. The molecule has 1 amide bonds. The minimum Gasteiger partial charge on any atom is -0.339 e. The number of carbonyl (C=O) groups is 1. The Morgan fingerprint density at radius 2 is 1.78 bits per heavy atom. The van der Waals surface area contributed by atoms with Gasteiger partial charge in [-0.3, -0.25) is 9.10 Å². The minimum atomic E-state index is -3.17. The highest BCUT2D eigenvalue weighted by atomic mass is 32.2. The Balaban J connectivity index is 1.18. The first-order chi connectivity index (χ1) is 15.5. The van der Waals surface area contributed by atoms with Gasteiger partial charge in [0.2, 0.25) is 15.9 Å². The quantitative estimate of drug-likeness (QED) is 0.538. The minimum absolute atomic E-state index is 0.0129. The molecule has 0 unspecified atom stereocenters. The summed E-state index contributed by atoms with van der Waals surface area (Å²) < 4.78 is 26.8. The Morgan fingerprint density at radius 3 is 2.47 bits per heavy atom. The van der Waals surface area contributed by atoms with Crippen LogP contribution in [0.15, 0.2) is 54.6 Å². The van der Waals surface area contributed by atoms with E-state index < -0.39 is 10.0 Å². The van der Waals surface area contributed by atoms with Crippen molar-refractivity contribution in [2.75, 3.05) is 29.7 Å². The largest absolute Gasteiger partial charge is 0.339 e. The van der Waals surface area contributed by atoms with Gasteiger partial charge in [-0.25, -0.2) is 13.4 Å². The summed E-state index contributed by atoms with van der Waals surface area (Å²) >= 11 is 1.76. The van der Waals surface area contributed by atoms with Crippen LogP contribution in [-0.2, 0) is 14.8 Å². The fourth-order valence-corrected chi connectivity index (χ4v) is 7.07. The maximum absolute atomic E-state index is 12.7. The van der Waals surface area contributed by atoms with Crippen LogP contribution in [0.5, 0.6) is 0 Å². The molecule has 0 spiro atoms. The molecular formula is C24H25N3O3S2. The van der Waals surface area contributed by atoms with Gasteiger partial charge in [0.05, 0.1) is 26.7 Å². The van der Waals surface area contributed by atoms with Gasteiger partial charge in [0, 0.05) is 31.6 Å². The van der Waals surface area contributed by atoms with E-state index in [4.69, 9.17) is 4.98 Å². The van der Waals surface area contributed by atoms with E-state index in [0.29, 0.717) is 24.6 Å². The van der Waals surface area contributed by atoms with E-state index in [1.54, 1.807) is 35.6 Å². The SMILES string of the molecule is O=C(/C=C/c1ccc(N2CCCS2(=O)=O)cc1)N1CCC(c2nc3ccccc3s2)CC1. The highest BCUT2D eigenvalue weighted by Gasteiger charge is 2.28. The van der Waals surface area contributed by atoms with Crippen molar-refractivity contribution in [1.82, 2.24) is 9.88 Å². The summed E-state index contributed by atoms with van der Waals surface area (Å²) in [5, 5.41) is 1.17. The van der Waals surface area contributed by atoms with Gasteiger partial charge in [0.25, 0.3) is 0 Å². The van der Waals surface area contributed by atoms with Crippen LogP contribution in [0.1, 0.15) is 35.8 Å². The van der Waals surface area contributed by atoms with Gasteiger partial charge in [0.15, 0.2) is 0 Å². The van der Waals surface area contributed by atoms with E-state index in [-0.39, 0.29) is 11.7 Å². The lowest BCUT2D eigenvalue weighted by molar-refractivity contribution is -0.126. The van der Waals surface area contributed by atoms with E-state index in [2.05, 4.69) is 12.1 Å².